The molecular formula is C20H17NO2. The van der Waals surface area contributed by atoms with Gasteiger partial charge in [0.05, 0.1) is 12.1 Å². The van der Waals surface area contributed by atoms with Gasteiger partial charge >= 0.3 is 0 Å². The number of aromatic nitrogens is 1. The summed E-state index contributed by atoms with van der Waals surface area (Å²) < 4.78 is 5.77. The van der Waals surface area contributed by atoms with E-state index in [1.54, 1.807) is 6.20 Å². The lowest BCUT2D eigenvalue weighted by Gasteiger charge is -2.22. The summed E-state index contributed by atoms with van der Waals surface area (Å²) in [5.74, 6) is 0.996. The van der Waals surface area contributed by atoms with Crippen molar-refractivity contribution in [3.63, 3.8) is 0 Å². The SMILES string of the molecule is C[C@]1(CC(=O)c2cccc3cccnc23)COc2ccccc21. The maximum atomic E-state index is 12.9. The van der Waals surface area contributed by atoms with Crippen LogP contribution in [0.1, 0.15) is 29.3 Å². The minimum absolute atomic E-state index is 0.108. The van der Waals surface area contributed by atoms with Crippen LogP contribution in [0.15, 0.2) is 60.8 Å². The molecule has 0 spiro atoms. The summed E-state index contributed by atoms with van der Waals surface area (Å²) in [6.07, 6.45) is 2.15. The van der Waals surface area contributed by atoms with Crippen molar-refractivity contribution in [3.8, 4) is 5.75 Å². The summed E-state index contributed by atoms with van der Waals surface area (Å²) in [6.45, 7) is 2.63. The van der Waals surface area contributed by atoms with E-state index in [4.69, 9.17) is 4.74 Å². The van der Waals surface area contributed by atoms with Crippen LogP contribution >= 0.6 is 0 Å². The summed E-state index contributed by atoms with van der Waals surface area (Å²) in [4.78, 5) is 17.3. The van der Waals surface area contributed by atoms with Gasteiger partial charge in [-0.3, -0.25) is 9.78 Å². The predicted molar refractivity (Wildman–Crippen MR) is 90.0 cm³/mol. The molecular weight excluding hydrogens is 286 g/mol. The molecule has 1 atom stereocenters. The number of benzene rings is 2. The van der Waals surface area contributed by atoms with E-state index in [-0.39, 0.29) is 11.2 Å². The van der Waals surface area contributed by atoms with Gasteiger partial charge in [0, 0.05) is 34.5 Å². The van der Waals surface area contributed by atoms with Crippen molar-refractivity contribution in [2.45, 2.75) is 18.8 Å². The Kier molecular flexibility index (Phi) is 3.15. The number of Topliss-reactive ketones (excluding diaryl/α,β-unsaturated/α-hetero) is 1. The second-order valence-corrected chi connectivity index (χ2v) is 6.33. The van der Waals surface area contributed by atoms with E-state index in [9.17, 15) is 4.79 Å². The fourth-order valence-corrected chi connectivity index (χ4v) is 3.33. The molecule has 0 saturated heterocycles. The fraction of sp³-hybridized carbons (Fsp3) is 0.200. The van der Waals surface area contributed by atoms with E-state index in [0.717, 1.165) is 22.2 Å². The first-order valence-corrected chi connectivity index (χ1v) is 7.77. The number of hydrogen-bond donors (Lipinski definition) is 0. The number of carbonyl (C=O) groups excluding carboxylic acids is 1. The van der Waals surface area contributed by atoms with Crippen LogP contribution in [-0.2, 0) is 5.41 Å². The Bertz CT molecular complexity index is 898. The monoisotopic (exact) mass is 303 g/mol. The second-order valence-electron chi connectivity index (χ2n) is 6.33. The third-order valence-corrected chi connectivity index (χ3v) is 4.57. The molecule has 0 fully saturated rings. The molecule has 3 nitrogen and oxygen atoms in total. The van der Waals surface area contributed by atoms with Crippen LogP contribution < -0.4 is 4.74 Å². The van der Waals surface area contributed by atoms with Crippen LogP contribution in [0.2, 0.25) is 0 Å². The van der Waals surface area contributed by atoms with Crippen molar-refractivity contribution >= 4 is 16.7 Å². The van der Waals surface area contributed by atoms with E-state index in [1.165, 1.54) is 0 Å². The molecule has 0 aliphatic carbocycles. The maximum Gasteiger partial charge on any atom is 0.166 e. The summed E-state index contributed by atoms with van der Waals surface area (Å²) in [6, 6.07) is 17.6. The topological polar surface area (TPSA) is 39.2 Å². The Hall–Kier alpha value is -2.68. The molecule has 0 saturated carbocycles. The van der Waals surface area contributed by atoms with Crippen molar-refractivity contribution in [2.24, 2.45) is 0 Å². The molecule has 0 radical (unpaired) electrons. The number of nitrogens with zero attached hydrogens (tertiary/aromatic N) is 1. The number of pyridine rings is 1. The molecule has 0 N–H and O–H groups in total. The average Bonchev–Trinajstić information content (AvgIpc) is 2.91. The highest BCUT2D eigenvalue weighted by molar-refractivity contribution is 6.07. The van der Waals surface area contributed by atoms with Gasteiger partial charge in [-0.2, -0.15) is 0 Å². The molecule has 0 amide bonds. The Morgan fingerprint density at radius 1 is 1.13 bits per heavy atom. The van der Waals surface area contributed by atoms with E-state index in [1.807, 2.05) is 48.5 Å². The molecule has 3 aromatic rings. The van der Waals surface area contributed by atoms with Gasteiger partial charge in [-0.1, -0.05) is 43.3 Å². The van der Waals surface area contributed by atoms with Crippen LogP contribution in [0.25, 0.3) is 10.9 Å². The molecule has 23 heavy (non-hydrogen) atoms. The zero-order chi connectivity index (χ0) is 15.9. The van der Waals surface area contributed by atoms with E-state index in [2.05, 4.69) is 18.0 Å². The predicted octanol–water partition coefficient (Wildman–Crippen LogP) is 4.16. The Balaban J connectivity index is 1.71. The lowest BCUT2D eigenvalue weighted by Crippen LogP contribution is -2.27. The molecule has 1 aliphatic heterocycles. The number of ketones is 1. The second kappa shape index (κ2) is 5.20. The lowest BCUT2D eigenvalue weighted by molar-refractivity contribution is 0.0945. The molecule has 1 aromatic heterocycles. The largest absolute Gasteiger partial charge is 0.492 e. The van der Waals surface area contributed by atoms with Crippen molar-refractivity contribution in [1.29, 1.82) is 0 Å². The standard InChI is InChI=1S/C20H17NO2/c1-20(13-23-18-10-3-2-9-16(18)20)12-17(22)15-8-4-6-14-7-5-11-21-19(14)15/h2-11H,12-13H2,1H3/t20-/m0/s1. The van der Waals surface area contributed by atoms with Gasteiger partial charge in [-0.25, -0.2) is 0 Å². The number of ether oxygens (including phenoxy) is 1. The molecule has 114 valence electrons. The van der Waals surface area contributed by atoms with Crippen molar-refractivity contribution in [2.75, 3.05) is 6.61 Å². The summed E-state index contributed by atoms with van der Waals surface area (Å²) in [5, 5.41) is 0.992. The minimum atomic E-state index is -0.287. The highest BCUT2D eigenvalue weighted by atomic mass is 16.5. The minimum Gasteiger partial charge on any atom is -0.492 e. The maximum absolute atomic E-state index is 12.9. The Morgan fingerprint density at radius 3 is 2.87 bits per heavy atom. The molecule has 0 bridgehead atoms. The third-order valence-electron chi connectivity index (χ3n) is 4.57. The number of hydrogen-bond acceptors (Lipinski definition) is 3. The van der Waals surface area contributed by atoms with Crippen LogP contribution in [0.5, 0.6) is 5.75 Å². The quantitative estimate of drug-likeness (QED) is 0.682. The summed E-state index contributed by atoms with van der Waals surface area (Å²) in [5.41, 5.74) is 2.29. The van der Waals surface area contributed by atoms with Crippen molar-refractivity contribution in [3.05, 3.63) is 71.9 Å². The first kappa shape index (κ1) is 13.9. The van der Waals surface area contributed by atoms with Crippen LogP contribution in [0.3, 0.4) is 0 Å². The first-order valence-electron chi connectivity index (χ1n) is 7.77. The van der Waals surface area contributed by atoms with Crippen LogP contribution in [0.4, 0.5) is 0 Å². The zero-order valence-corrected chi connectivity index (χ0v) is 13.0. The number of para-hydroxylation sites is 2. The zero-order valence-electron chi connectivity index (χ0n) is 13.0. The van der Waals surface area contributed by atoms with Gasteiger partial charge < -0.3 is 4.74 Å². The third kappa shape index (κ3) is 2.29. The van der Waals surface area contributed by atoms with E-state index in [0.29, 0.717) is 18.6 Å². The van der Waals surface area contributed by atoms with Crippen LogP contribution in [0, 0.1) is 0 Å². The molecule has 1 aliphatic rings. The van der Waals surface area contributed by atoms with Gasteiger partial charge in [0.25, 0.3) is 0 Å². The highest BCUT2D eigenvalue weighted by Gasteiger charge is 2.38. The van der Waals surface area contributed by atoms with Crippen molar-refractivity contribution in [1.82, 2.24) is 4.98 Å². The summed E-state index contributed by atoms with van der Waals surface area (Å²) >= 11 is 0. The van der Waals surface area contributed by atoms with Crippen molar-refractivity contribution < 1.29 is 9.53 Å². The first-order chi connectivity index (χ1) is 11.2. The number of rotatable bonds is 3. The number of fused-ring (bicyclic) bond motifs is 2. The Labute approximate surface area is 134 Å². The van der Waals surface area contributed by atoms with Gasteiger partial charge in [0.2, 0.25) is 0 Å². The van der Waals surface area contributed by atoms with Gasteiger partial charge in [-0.05, 0) is 18.2 Å². The average molecular weight is 303 g/mol. The highest BCUT2D eigenvalue weighted by Crippen LogP contribution is 2.41. The van der Waals surface area contributed by atoms with Gasteiger partial charge in [-0.15, -0.1) is 0 Å². The fourth-order valence-electron chi connectivity index (χ4n) is 3.33. The molecule has 3 heteroatoms. The molecule has 4 rings (SSSR count). The molecule has 2 aromatic carbocycles. The van der Waals surface area contributed by atoms with E-state index < -0.39 is 0 Å². The summed E-state index contributed by atoms with van der Waals surface area (Å²) in [7, 11) is 0. The molecule has 0 unspecified atom stereocenters. The normalized spacial score (nSPS) is 19.3. The van der Waals surface area contributed by atoms with Gasteiger partial charge in [0.1, 0.15) is 5.75 Å². The smallest absolute Gasteiger partial charge is 0.166 e. The Morgan fingerprint density at radius 2 is 1.96 bits per heavy atom. The lowest BCUT2D eigenvalue weighted by atomic mass is 9.79. The number of carbonyl (C=O) groups is 1. The van der Waals surface area contributed by atoms with Crippen LogP contribution in [-0.4, -0.2) is 17.4 Å². The van der Waals surface area contributed by atoms with Gasteiger partial charge in [0.15, 0.2) is 5.78 Å². The molecule has 2 heterocycles. The van der Waals surface area contributed by atoms with E-state index >= 15 is 0 Å².